The molecule has 2 aliphatic carbocycles. The molecule has 1 aromatic carbocycles. The number of guanidine groups is 1. The van der Waals surface area contributed by atoms with Crippen molar-refractivity contribution in [2.24, 2.45) is 28.7 Å². The number of carbonyl (C=O) groups excluding carboxylic acids is 2. The first-order chi connectivity index (χ1) is 13.6. The monoisotopic (exact) mass is 528 g/mol. The summed E-state index contributed by atoms with van der Waals surface area (Å²) < 4.78 is 0. The van der Waals surface area contributed by atoms with E-state index < -0.39 is 0 Å². The summed E-state index contributed by atoms with van der Waals surface area (Å²) in [7, 11) is 0. The number of fused-ring (bicyclic) bond motifs is 5. The van der Waals surface area contributed by atoms with E-state index in [1.807, 2.05) is 31.2 Å². The first-order valence-corrected chi connectivity index (χ1v) is 10.3. The van der Waals surface area contributed by atoms with Gasteiger partial charge in [0, 0.05) is 24.7 Å². The Labute approximate surface area is 193 Å². The van der Waals surface area contributed by atoms with Crippen LogP contribution in [0.15, 0.2) is 41.4 Å². The molecule has 0 aromatic heterocycles. The van der Waals surface area contributed by atoms with E-state index in [9.17, 15) is 9.59 Å². The maximum atomic E-state index is 12.7. The standard InChI is InChI=1S/C21H25ClN4O2.HI/c1-2-23-21(25-12-15-5-3-4-6-16(15)22)24-9-10-26-19(27)17-13-7-8-14(11-13)18(17)20(26)28;/h3-8,13-14,17-18H,2,9-12H2,1H3,(H2,23,24,25);1H. The van der Waals surface area contributed by atoms with Gasteiger partial charge in [0.15, 0.2) is 5.96 Å². The van der Waals surface area contributed by atoms with Gasteiger partial charge in [-0.25, -0.2) is 4.99 Å². The molecule has 2 fully saturated rings. The minimum absolute atomic E-state index is 0. The molecule has 3 aliphatic rings. The summed E-state index contributed by atoms with van der Waals surface area (Å²) in [6.07, 6.45) is 5.19. The highest BCUT2D eigenvalue weighted by atomic mass is 127. The Bertz CT molecular complexity index is 814. The van der Waals surface area contributed by atoms with Gasteiger partial charge in [-0.15, -0.1) is 24.0 Å². The minimum atomic E-state index is -0.135. The zero-order chi connectivity index (χ0) is 19.7. The van der Waals surface area contributed by atoms with Crippen LogP contribution in [0.25, 0.3) is 0 Å². The summed E-state index contributed by atoms with van der Waals surface area (Å²) in [5, 5.41) is 7.08. The number of halogens is 2. The van der Waals surface area contributed by atoms with Crippen LogP contribution >= 0.6 is 35.6 Å². The highest BCUT2D eigenvalue weighted by Gasteiger charge is 2.58. The van der Waals surface area contributed by atoms with Gasteiger partial charge in [-0.3, -0.25) is 14.5 Å². The maximum Gasteiger partial charge on any atom is 0.233 e. The maximum absolute atomic E-state index is 12.7. The topological polar surface area (TPSA) is 73.8 Å². The van der Waals surface area contributed by atoms with Crippen LogP contribution in [0, 0.1) is 23.7 Å². The van der Waals surface area contributed by atoms with Gasteiger partial charge in [0.1, 0.15) is 0 Å². The molecule has 0 spiro atoms. The summed E-state index contributed by atoms with van der Waals surface area (Å²) >= 11 is 6.19. The molecule has 1 aliphatic heterocycles. The SMILES string of the molecule is CCNC(=NCc1ccccc1Cl)NCCN1C(=O)C2C3C=CC(C3)C2C1=O.I. The second kappa shape index (κ2) is 9.47. The van der Waals surface area contributed by atoms with Gasteiger partial charge >= 0.3 is 0 Å². The average Bonchev–Trinajstić information content (AvgIpc) is 3.36. The van der Waals surface area contributed by atoms with E-state index in [2.05, 4.69) is 27.8 Å². The van der Waals surface area contributed by atoms with Gasteiger partial charge in [-0.2, -0.15) is 0 Å². The highest BCUT2D eigenvalue weighted by Crippen LogP contribution is 2.52. The molecular formula is C21H26ClIN4O2. The molecule has 29 heavy (non-hydrogen) atoms. The second-order valence-corrected chi connectivity index (χ2v) is 7.95. The van der Waals surface area contributed by atoms with E-state index in [4.69, 9.17) is 11.6 Å². The summed E-state index contributed by atoms with van der Waals surface area (Å²) in [5.74, 6) is 0.855. The molecule has 2 N–H and O–H groups in total. The van der Waals surface area contributed by atoms with Crippen molar-refractivity contribution in [2.75, 3.05) is 19.6 Å². The number of allylic oxidation sites excluding steroid dienone is 2. The Morgan fingerprint density at radius 2 is 1.79 bits per heavy atom. The number of hydrogen-bond donors (Lipinski definition) is 2. The normalized spacial score (nSPS) is 27.2. The van der Waals surface area contributed by atoms with E-state index >= 15 is 0 Å². The third kappa shape index (κ3) is 4.30. The lowest BCUT2D eigenvalue weighted by atomic mass is 9.85. The quantitative estimate of drug-likeness (QED) is 0.196. The molecule has 2 bridgehead atoms. The molecule has 1 saturated carbocycles. The van der Waals surface area contributed by atoms with Crippen molar-refractivity contribution in [1.29, 1.82) is 0 Å². The van der Waals surface area contributed by atoms with E-state index in [1.54, 1.807) is 0 Å². The van der Waals surface area contributed by atoms with Gasteiger partial charge in [-0.1, -0.05) is 42.0 Å². The Hall–Kier alpha value is -1.61. The Balaban J connectivity index is 0.00000240. The minimum Gasteiger partial charge on any atom is -0.357 e. The lowest BCUT2D eigenvalue weighted by Gasteiger charge is -2.18. The first kappa shape index (κ1) is 22.1. The van der Waals surface area contributed by atoms with Crippen LogP contribution in [0.2, 0.25) is 5.02 Å². The van der Waals surface area contributed by atoms with Crippen molar-refractivity contribution < 1.29 is 9.59 Å². The molecule has 4 unspecified atom stereocenters. The molecule has 156 valence electrons. The van der Waals surface area contributed by atoms with Crippen molar-refractivity contribution in [2.45, 2.75) is 19.9 Å². The van der Waals surface area contributed by atoms with Crippen LogP contribution in [0.3, 0.4) is 0 Å². The molecule has 6 nitrogen and oxygen atoms in total. The van der Waals surface area contributed by atoms with E-state index in [1.165, 1.54) is 4.90 Å². The number of amides is 2. The van der Waals surface area contributed by atoms with Gasteiger partial charge in [-0.05, 0) is 36.8 Å². The largest absolute Gasteiger partial charge is 0.357 e. The van der Waals surface area contributed by atoms with Gasteiger partial charge < -0.3 is 10.6 Å². The fourth-order valence-electron chi connectivity index (χ4n) is 4.60. The third-order valence-electron chi connectivity index (χ3n) is 5.90. The van der Waals surface area contributed by atoms with E-state index in [0.29, 0.717) is 30.6 Å². The van der Waals surface area contributed by atoms with Crippen LogP contribution in [-0.2, 0) is 16.1 Å². The van der Waals surface area contributed by atoms with Crippen molar-refractivity contribution in [3.63, 3.8) is 0 Å². The molecular weight excluding hydrogens is 503 g/mol. The fourth-order valence-corrected chi connectivity index (χ4v) is 4.80. The summed E-state index contributed by atoms with van der Waals surface area (Å²) in [5.41, 5.74) is 0.946. The zero-order valence-electron chi connectivity index (χ0n) is 16.3. The van der Waals surface area contributed by atoms with Crippen LogP contribution in [0.1, 0.15) is 18.9 Å². The predicted molar refractivity (Wildman–Crippen MR) is 124 cm³/mol. The highest BCUT2D eigenvalue weighted by molar-refractivity contribution is 14.0. The number of hydrogen-bond acceptors (Lipinski definition) is 3. The van der Waals surface area contributed by atoms with Gasteiger partial charge in [0.2, 0.25) is 11.8 Å². The van der Waals surface area contributed by atoms with Crippen molar-refractivity contribution in [1.82, 2.24) is 15.5 Å². The Morgan fingerprint density at radius 3 is 2.41 bits per heavy atom. The van der Waals surface area contributed by atoms with Crippen LogP contribution < -0.4 is 10.6 Å². The summed E-state index contributed by atoms with van der Waals surface area (Å²) in [4.78, 5) is 31.4. The zero-order valence-corrected chi connectivity index (χ0v) is 19.4. The molecule has 1 heterocycles. The number of nitrogens with zero attached hydrogens (tertiary/aromatic N) is 2. The van der Waals surface area contributed by atoms with E-state index in [0.717, 1.165) is 18.5 Å². The molecule has 2 amide bonds. The van der Waals surface area contributed by atoms with Crippen LogP contribution in [0.5, 0.6) is 0 Å². The van der Waals surface area contributed by atoms with Crippen LogP contribution in [-0.4, -0.2) is 42.3 Å². The smallest absolute Gasteiger partial charge is 0.233 e. The average molecular weight is 529 g/mol. The molecule has 1 saturated heterocycles. The lowest BCUT2D eigenvalue weighted by molar-refractivity contribution is -0.140. The van der Waals surface area contributed by atoms with Gasteiger partial charge in [0.25, 0.3) is 0 Å². The number of rotatable bonds is 6. The molecule has 0 radical (unpaired) electrons. The predicted octanol–water partition coefficient (Wildman–Crippen LogP) is 2.82. The lowest BCUT2D eigenvalue weighted by Crippen LogP contribution is -2.43. The third-order valence-corrected chi connectivity index (χ3v) is 6.27. The second-order valence-electron chi connectivity index (χ2n) is 7.54. The number of nitrogens with one attached hydrogen (secondary N) is 2. The Kier molecular flexibility index (Phi) is 7.21. The molecule has 1 aromatic rings. The summed E-state index contributed by atoms with van der Waals surface area (Å²) in [6, 6.07) is 7.61. The van der Waals surface area contributed by atoms with Crippen molar-refractivity contribution in [3.05, 3.63) is 47.0 Å². The number of carbonyl (C=O) groups is 2. The number of benzene rings is 1. The van der Waals surface area contributed by atoms with Crippen molar-refractivity contribution >= 4 is 53.4 Å². The fraction of sp³-hybridized carbons (Fsp3) is 0.476. The molecule has 8 heteroatoms. The van der Waals surface area contributed by atoms with Gasteiger partial charge in [0.05, 0.1) is 18.4 Å². The van der Waals surface area contributed by atoms with E-state index in [-0.39, 0.29) is 59.5 Å². The first-order valence-electron chi connectivity index (χ1n) is 9.89. The number of aliphatic imine (C=N–C) groups is 1. The molecule has 4 rings (SSSR count). The van der Waals surface area contributed by atoms with Crippen LogP contribution in [0.4, 0.5) is 0 Å². The summed E-state index contributed by atoms with van der Waals surface area (Å²) in [6.45, 7) is 3.99. The molecule has 4 atom stereocenters. The number of likely N-dealkylation sites (tertiary alicyclic amines) is 1. The van der Waals surface area contributed by atoms with Crippen molar-refractivity contribution in [3.8, 4) is 0 Å². The Morgan fingerprint density at radius 1 is 1.14 bits per heavy atom. The number of imide groups is 1.